The Morgan fingerprint density at radius 3 is 2.35 bits per heavy atom. The molecule has 2 rings (SSSR count). The lowest BCUT2D eigenvalue weighted by Gasteiger charge is -2.35. The van der Waals surface area contributed by atoms with Crippen LogP contribution < -0.4 is 5.32 Å². The fourth-order valence-electron chi connectivity index (χ4n) is 3.06. The van der Waals surface area contributed by atoms with Crippen LogP contribution >= 0.6 is 11.8 Å². The van der Waals surface area contributed by atoms with Crippen molar-refractivity contribution in [3.05, 3.63) is 35.4 Å². The van der Waals surface area contributed by atoms with Crippen LogP contribution in [0.25, 0.3) is 0 Å². The summed E-state index contributed by atoms with van der Waals surface area (Å²) in [5.74, 6) is 0. The van der Waals surface area contributed by atoms with Gasteiger partial charge in [-0.25, -0.2) is 0 Å². The molecule has 3 unspecified atom stereocenters. The topological polar surface area (TPSA) is 15.3 Å². The second-order valence-corrected chi connectivity index (χ2v) is 7.94. The number of nitrogens with one attached hydrogen (secondary N) is 1. The highest BCUT2D eigenvalue weighted by Gasteiger charge is 2.22. The van der Waals surface area contributed by atoms with Gasteiger partial charge in [-0.2, -0.15) is 11.8 Å². The molecule has 1 fully saturated rings. The minimum absolute atomic E-state index is 0.468. The Bertz CT molecular complexity index is 394. The van der Waals surface area contributed by atoms with Crippen molar-refractivity contribution in [3.63, 3.8) is 0 Å². The van der Waals surface area contributed by atoms with E-state index in [2.05, 4.69) is 74.1 Å². The summed E-state index contributed by atoms with van der Waals surface area (Å²) in [6.45, 7) is 10.5. The van der Waals surface area contributed by atoms with E-state index in [4.69, 9.17) is 0 Å². The predicted molar refractivity (Wildman–Crippen MR) is 90.6 cm³/mol. The lowest BCUT2D eigenvalue weighted by Crippen LogP contribution is -2.41. The van der Waals surface area contributed by atoms with Gasteiger partial charge in [-0.3, -0.25) is 0 Å². The average molecular weight is 292 g/mol. The third kappa shape index (κ3) is 4.51. The summed E-state index contributed by atoms with van der Waals surface area (Å²) in [6, 6.07) is 9.40. The Morgan fingerprint density at radius 2 is 1.80 bits per heavy atom. The average Bonchev–Trinajstić information content (AvgIpc) is 2.40. The first-order valence-corrected chi connectivity index (χ1v) is 8.64. The molecule has 1 heterocycles. The zero-order chi connectivity index (χ0) is 14.5. The highest BCUT2D eigenvalue weighted by atomic mass is 32.2. The third-order valence-electron chi connectivity index (χ3n) is 4.06. The predicted octanol–water partition coefficient (Wildman–Crippen LogP) is 3.47. The molecule has 1 saturated heterocycles. The first-order valence-electron chi connectivity index (χ1n) is 7.70. The maximum absolute atomic E-state index is 3.47. The number of aryl methyl sites for hydroxylation is 1. The monoisotopic (exact) mass is 292 g/mol. The summed E-state index contributed by atoms with van der Waals surface area (Å²) in [5, 5.41) is 5.01. The van der Waals surface area contributed by atoms with E-state index in [0.717, 1.165) is 10.5 Å². The van der Waals surface area contributed by atoms with E-state index in [1.807, 2.05) is 0 Å². The minimum atomic E-state index is 0.468. The van der Waals surface area contributed by atoms with Crippen LogP contribution in [0.1, 0.15) is 37.4 Å². The molecule has 0 aromatic heterocycles. The van der Waals surface area contributed by atoms with Crippen LogP contribution in [-0.2, 0) is 0 Å². The molecule has 1 aromatic rings. The molecule has 20 heavy (non-hydrogen) atoms. The zero-order valence-electron chi connectivity index (χ0n) is 13.2. The molecule has 1 aromatic carbocycles. The van der Waals surface area contributed by atoms with Crippen LogP contribution in [-0.4, -0.2) is 42.1 Å². The van der Waals surface area contributed by atoms with Gasteiger partial charge in [0.2, 0.25) is 0 Å². The van der Waals surface area contributed by atoms with Crippen molar-refractivity contribution in [3.8, 4) is 0 Å². The molecule has 2 nitrogen and oxygen atoms in total. The highest BCUT2D eigenvalue weighted by molar-refractivity contribution is 8.00. The van der Waals surface area contributed by atoms with Crippen molar-refractivity contribution in [2.45, 2.75) is 43.7 Å². The minimum Gasteiger partial charge on any atom is -0.313 e. The molecule has 1 aliphatic rings. The molecule has 0 amide bonds. The van der Waals surface area contributed by atoms with E-state index < -0.39 is 0 Å². The number of nitrogens with zero attached hydrogens (tertiary/aromatic N) is 1. The van der Waals surface area contributed by atoms with Gasteiger partial charge in [-0.15, -0.1) is 0 Å². The summed E-state index contributed by atoms with van der Waals surface area (Å²) in [6.07, 6.45) is 1.18. The summed E-state index contributed by atoms with van der Waals surface area (Å²) < 4.78 is 0. The molecule has 1 N–H and O–H groups in total. The molecule has 0 aliphatic carbocycles. The summed E-state index contributed by atoms with van der Waals surface area (Å²) >= 11 is 2.13. The van der Waals surface area contributed by atoms with Gasteiger partial charge >= 0.3 is 0 Å². The second-order valence-electron chi connectivity index (χ2n) is 6.06. The standard InChI is InChI=1S/C17H28N2S/c1-13-5-7-16(8-6-13)17(18-4)9-10-19-11-14(2)20-15(3)12-19/h5-8,14-15,17-18H,9-12H2,1-4H3. The lowest BCUT2D eigenvalue weighted by molar-refractivity contribution is 0.256. The molecule has 0 spiro atoms. The van der Waals surface area contributed by atoms with Crippen LogP contribution in [0.2, 0.25) is 0 Å². The maximum atomic E-state index is 3.47. The number of hydrogen-bond donors (Lipinski definition) is 1. The Hall–Kier alpha value is -0.510. The van der Waals surface area contributed by atoms with E-state index in [0.29, 0.717) is 6.04 Å². The molecule has 0 bridgehead atoms. The molecule has 3 atom stereocenters. The molecular weight excluding hydrogens is 264 g/mol. The van der Waals surface area contributed by atoms with Crippen molar-refractivity contribution in [2.75, 3.05) is 26.7 Å². The number of rotatable bonds is 5. The van der Waals surface area contributed by atoms with Crippen molar-refractivity contribution < 1.29 is 0 Å². The smallest absolute Gasteiger partial charge is 0.0329 e. The molecule has 0 saturated carbocycles. The first-order chi connectivity index (χ1) is 9.58. The Balaban J connectivity index is 1.89. The third-order valence-corrected chi connectivity index (χ3v) is 5.28. The number of benzene rings is 1. The first kappa shape index (κ1) is 15.9. The van der Waals surface area contributed by atoms with Crippen LogP contribution in [0, 0.1) is 6.92 Å². The fraction of sp³-hybridized carbons (Fsp3) is 0.647. The van der Waals surface area contributed by atoms with Gasteiger partial charge in [0.05, 0.1) is 0 Å². The Morgan fingerprint density at radius 1 is 1.20 bits per heavy atom. The second kappa shape index (κ2) is 7.48. The fourth-order valence-corrected chi connectivity index (χ4v) is 4.44. The van der Waals surface area contributed by atoms with E-state index >= 15 is 0 Å². The quantitative estimate of drug-likeness (QED) is 0.894. The largest absolute Gasteiger partial charge is 0.313 e. The van der Waals surface area contributed by atoms with E-state index in [-0.39, 0.29) is 0 Å². The number of hydrogen-bond acceptors (Lipinski definition) is 3. The summed E-state index contributed by atoms with van der Waals surface area (Å²) in [4.78, 5) is 2.63. The summed E-state index contributed by atoms with van der Waals surface area (Å²) in [5.41, 5.74) is 2.74. The van der Waals surface area contributed by atoms with Crippen molar-refractivity contribution in [2.24, 2.45) is 0 Å². The van der Waals surface area contributed by atoms with Gasteiger partial charge in [-0.05, 0) is 26.0 Å². The Kier molecular flexibility index (Phi) is 5.94. The zero-order valence-corrected chi connectivity index (χ0v) is 14.0. The van der Waals surface area contributed by atoms with Crippen molar-refractivity contribution in [1.29, 1.82) is 0 Å². The van der Waals surface area contributed by atoms with Crippen LogP contribution in [0.3, 0.4) is 0 Å². The van der Waals surface area contributed by atoms with Gasteiger partial charge in [0.1, 0.15) is 0 Å². The van der Waals surface area contributed by atoms with E-state index in [9.17, 15) is 0 Å². The maximum Gasteiger partial charge on any atom is 0.0329 e. The van der Waals surface area contributed by atoms with Gasteiger partial charge < -0.3 is 10.2 Å². The summed E-state index contributed by atoms with van der Waals surface area (Å²) in [7, 11) is 2.07. The molecule has 3 heteroatoms. The number of thioether (sulfide) groups is 1. The van der Waals surface area contributed by atoms with Crippen LogP contribution in [0.15, 0.2) is 24.3 Å². The van der Waals surface area contributed by atoms with Gasteiger partial charge in [-0.1, -0.05) is 43.7 Å². The van der Waals surface area contributed by atoms with Crippen LogP contribution in [0.5, 0.6) is 0 Å². The van der Waals surface area contributed by atoms with Gasteiger partial charge in [0, 0.05) is 36.2 Å². The van der Waals surface area contributed by atoms with Crippen molar-refractivity contribution >= 4 is 11.8 Å². The molecule has 0 radical (unpaired) electrons. The van der Waals surface area contributed by atoms with Gasteiger partial charge in [0.25, 0.3) is 0 Å². The highest BCUT2D eigenvalue weighted by Crippen LogP contribution is 2.26. The van der Waals surface area contributed by atoms with E-state index in [1.54, 1.807) is 0 Å². The van der Waals surface area contributed by atoms with Gasteiger partial charge in [0.15, 0.2) is 0 Å². The Labute approximate surface area is 128 Å². The molecular formula is C17H28N2S. The van der Waals surface area contributed by atoms with Crippen molar-refractivity contribution in [1.82, 2.24) is 10.2 Å². The normalized spacial score (nSPS) is 25.6. The lowest BCUT2D eigenvalue weighted by atomic mass is 10.0. The SMILES string of the molecule is CNC(CCN1CC(C)SC(C)C1)c1ccc(C)cc1. The van der Waals surface area contributed by atoms with E-state index in [1.165, 1.54) is 37.2 Å². The molecule has 1 aliphatic heterocycles. The van der Waals surface area contributed by atoms with Crippen LogP contribution in [0.4, 0.5) is 0 Å². The molecule has 112 valence electrons.